The number of alkyl halides is 1. The quantitative estimate of drug-likeness (QED) is 0.342. The molecule has 0 amide bonds. The molecule has 0 heterocycles. The van der Waals surface area contributed by atoms with Gasteiger partial charge in [-0.05, 0) is 6.42 Å². The van der Waals surface area contributed by atoms with Crippen LogP contribution >= 0.6 is 15.9 Å². The molecule has 0 radical (unpaired) electrons. The van der Waals surface area contributed by atoms with Crippen LogP contribution in [-0.2, 0) is 18.9 Å². The second-order valence-corrected chi connectivity index (χ2v) is 4.64. The van der Waals surface area contributed by atoms with Crippen molar-refractivity contribution in [3.63, 3.8) is 0 Å². The number of hydrogen-bond donors (Lipinski definition) is 0. The van der Waals surface area contributed by atoms with Gasteiger partial charge >= 0.3 is 0 Å². The van der Waals surface area contributed by atoms with Gasteiger partial charge in [0.2, 0.25) is 0 Å². The van der Waals surface area contributed by atoms with Crippen LogP contribution in [0.15, 0.2) is 0 Å². The van der Waals surface area contributed by atoms with Crippen LogP contribution in [0.1, 0.15) is 26.2 Å². The first kappa shape index (κ1) is 18.3. The van der Waals surface area contributed by atoms with Crippen LogP contribution in [0.2, 0.25) is 0 Å². The topological polar surface area (TPSA) is 36.9 Å². The molecule has 0 saturated heterocycles. The Bertz CT molecular complexity index is 131. The van der Waals surface area contributed by atoms with Gasteiger partial charge in [0.05, 0.1) is 46.2 Å². The molecule has 0 aromatic heterocycles. The van der Waals surface area contributed by atoms with Crippen molar-refractivity contribution < 1.29 is 18.9 Å². The van der Waals surface area contributed by atoms with Gasteiger partial charge in [-0.25, -0.2) is 0 Å². The zero-order valence-electron chi connectivity index (χ0n) is 11.5. The molecular formula is C13H27BrO4. The van der Waals surface area contributed by atoms with Crippen molar-refractivity contribution >= 4 is 15.9 Å². The second-order valence-electron chi connectivity index (χ2n) is 3.85. The van der Waals surface area contributed by atoms with E-state index in [-0.39, 0.29) is 0 Å². The highest BCUT2D eigenvalue weighted by molar-refractivity contribution is 9.09. The highest BCUT2D eigenvalue weighted by atomic mass is 79.9. The maximum absolute atomic E-state index is 5.42. The van der Waals surface area contributed by atoms with E-state index in [1.54, 1.807) is 0 Å². The van der Waals surface area contributed by atoms with Crippen LogP contribution in [0.25, 0.3) is 0 Å². The standard InChI is InChI=1S/C13H27BrO4/c1-2-3-4-6-15-8-10-17-12-13-18-11-9-16-7-5-14/h2-13H2,1H3. The summed E-state index contributed by atoms with van der Waals surface area (Å²) in [6, 6.07) is 0. The highest BCUT2D eigenvalue weighted by Crippen LogP contribution is 1.93. The van der Waals surface area contributed by atoms with Gasteiger partial charge in [0.1, 0.15) is 0 Å². The van der Waals surface area contributed by atoms with E-state index < -0.39 is 0 Å². The van der Waals surface area contributed by atoms with Gasteiger partial charge in [0.25, 0.3) is 0 Å². The fourth-order valence-electron chi connectivity index (χ4n) is 1.27. The molecule has 0 aliphatic heterocycles. The third-order valence-corrected chi connectivity index (χ3v) is 2.55. The Hall–Kier alpha value is 0.320. The Kier molecular flexibility index (Phi) is 17.6. The summed E-state index contributed by atoms with van der Waals surface area (Å²) in [6.07, 6.45) is 3.62. The average molecular weight is 327 g/mol. The lowest BCUT2D eigenvalue weighted by Crippen LogP contribution is -2.12. The molecule has 0 unspecified atom stereocenters. The smallest absolute Gasteiger partial charge is 0.0701 e. The maximum atomic E-state index is 5.42. The summed E-state index contributed by atoms with van der Waals surface area (Å²) < 4.78 is 21.4. The summed E-state index contributed by atoms with van der Waals surface area (Å²) in [4.78, 5) is 0. The zero-order chi connectivity index (χ0) is 13.3. The molecular weight excluding hydrogens is 300 g/mol. The van der Waals surface area contributed by atoms with Gasteiger partial charge in [0, 0.05) is 11.9 Å². The Labute approximate surface area is 119 Å². The van der Waals surface area contributed by atoms with Crippen molar-refractivity contribution in [3.05, 3.63) is 0 Å². The molecule has 0 atom stereocenters. The monoisotopic (exact) mass is 326 g/mol. The number of rotatable bonds is 15. The molecule has 0 aromatic rings. The van der Waals surface area contributed by atoms with Gasteiger partial charge in [-0.15, -0.1) is 0 Å². The van der Waals surface area contributed by atoms with Gasteiger partial charge in [-0.2, -0.15) is 0 Å². The van der Waals surface area contributed by atoms with E-state index in [9.17, 15) is 0 Å². The number of ether oxygens (including phenoxy) is 4. The lowest BCUT2D eigenvalue weighted by molar-refractivity contribution is -0.000510. The van der Waals surface area contributed by atoms with E-state index >= 15 is 0 Å². The number of unbranched alkanes of at least 4 members (excludes halogenated alkanes) is 2. The Morgan fingerprint density at radius 1 is 0.611 bits per heavy atom. The lowest BCUT2D eigenvalue weighted by Gasteiger charge is -2.07. The predicted molar refractivity (Wildman–Crippen MR) is 76.6 cm³/mol. The van der Waals surface area contributed by atoms with Crippen molar-refractivity contribution in [1.29, 1.82) is 0 Å². The van der Waals surface area contributed by atoms with Crippen molar-refractivity contribution in [3.8, 4) is 0 Å². The molecule has 5 heteroatoms. The minimum Gasteiger partial charge on any atom is -0.379 e. The minimum atomic E-state index is 0.619. The SMILES string of the molecule is CCCCCOCCOCCOCCOCCBr. The maximum Gasteiger partial charge on any atom is 0.0701 e. The fraction of sp³-hybridized carbons (Fsp3) is 1.00. The fourth-order valence-corrected chi connectivity index (χ4v) is 1.50. The molecule has 0 aromatic carbocycles. The van der Waals surface area contributed by atoms with E-state index in [1.807, 2.05) is 0 Å². The van der Waals surface area contributed by atoms with E-state index in [2.05, 4.69) is 22.9 Å². The third-order valence-electron chi connectivity index (χ3n) is 2.23. The predicted octanol–water partition coefficient (Wildman–Crippen LogP) is 2.64. The normalized spacial score (nSPS) is 11.0. The summed E-state index contributed by atoms with van der Waals surface area (Å²) in [5, 5.41) is 0.869. The van der Waals surface area contributed by atoms with Gasteiger partial charge in [-0.1, -0.05) is 35.7 Å². The summed E-state index contributed by atoms with van der Waals surface area (Å²) in [6.45, 7) is 7.61. The van der Waals surface area contributed by atoms with Gasteiger partial charge in [-0.3, -0.25) is 0 Å². The van der Waals surface area contributed by atoms with Crippen LogP contribution in [0.4, 0.5) is 0 Å². The molecule has 0 spiro atoms. The second kappa shape index (κ2) is 17.3. The first-order valence-corrected chi connectivity index (χ1v) is 7.91. The molecule has 0 fully saturated rings. The van der Waals surface area contributed by atoms with Crippen LogP contribution < -0.4 is 0 Å². The molecule has 18 heavy (non-hydrogen) atoms. The third kappa shape index (κ3) is 16.3. The van der Waals surface area contributed by atoms with E-state index in [0.717, 1.165) is 25.0 Å². The number of halogens is 1. The summed E-state index contributed by atoms with van der Waals surface area (Å²) in [5.41, 5.74) is 0. The van der Waals surface area contributed by atoms with E-state index in [0.29, 0.717) is 39.6 Å². The van der Waals surface area contributed by atoms with Crippen molar-refractivity contribution in [1.82, 2.24) is 0 Å². The van der Waals surface area contributed by atoms with Crippen LogP contribution in [0.3, 0.4) is 0 Å². The Morgan fingerprint density at radius 2 is 1.06 bits per heavy atom. The Morgan fingerprint density at radius 3 is 1.50 bits per heavy atom. The zero-order valence-corrected chi connectivity index (χ0v) is 13.1. The van der Waals surface area contributed by atoms with Gasteiger partial charge in [0.15, 0.2) is 0 Å². The first-order valence-electron chi connectivity index (χ1n) is 6.78. The lowest BCUT2D eigenvalue weighted by atomic mass is 10.3. The molecule has 0 saturated carbocycles. The van der Waals surface area contributed by atoms with E-state index in [4.69, 9.17) is 18.9 Å². The molecule has 0 bridgehead atoms. The summed E-state index contributed by atoms with van der Waals surface area (Å²) in [7, 11) is 0. The molecule has 4 nitrogen and oxygen atoms in total. The van der Waals surface area contributed by atoms with Crippen LogP contribution in [0, 0.1) is 0 Å². The van der Waals surface area contributed by atoms with Crippen LogP contribution in [-0.4, -0.2) is 58.2 Å². The van der Waals surface area contributed by atoms with Crippen LogP contribution in [0.5, 0.6) is 0 Å². The highest BCUT2D eigenvalue weighted by Gasteiger charge is 1.92. The summed E-state index contributed by atoms with van der Waals surface area (Å²) in [5.74, 6) is 0. The van der Waals surface area contributed by atoms with Gasteiger partial charge < -0.3 is 18.9 Å². The van der Waals surface area contributed by atoms with Crippen molar-refractivity contribution in [2.24, 2.45) is 0 Å². The molecule has 110 valence electrons. The van der Waals surface area contributed by atoms with E-state index in [1.165, 1.54) is 12.8 Å². The molecule has 0 N–H and O–H groups in total. The van der Waals surface area contributed by atoms with Crippen molar-refractivity contribution in [2.45, 2.75) is 26.2 Å². The number of hydrogen-bond acceptors (Lipinski definition) is 4. The summed E-state index contributed by atoms with van der Waals surface area (Å²) >= 11 is 3.29. The molecule has 0 rings (SSSR count). The average Bonchev–Trinajstić information content (AvgIpc) is 2.39. The largest absolute Gasteiger partial charge is 0.379 e. The Balaban J connectivity index is 2.86. The molecule has 0 aliphatic carbocycles. The minimum absolute atomic E-state index is 0.619. The molecule has 0 aliphatic rings. The van der Waals surface area contributed by atoms with Crippen molar-refractivity contribution in [2.75, 3.05) is 58.2 Å². The first-order chi connectivity index (χ1) is 8.91.